The summed E-state index contributed by atoms with van der Waals surface area (Å²) >= 11 is 12.7. The summed E-state index contributed by atoms with van der Waals surface area (Å²) in [6.07, 6.45) is 4.19. The van der Waals surface area contributed by atoms with E-state index < -0.39 is 0 Å². The van der Waals surface area contributed by atoms with Crippen molar-refractivity contribution in [2.24, 2.45) is 0 Å². The monoisotopic (exact) mass is 380 g/mol. The highest BCUT2D eigenvalue weighted by atomic mass is 35.5. The maximum atomic E-state index is 12.5. The molecular formula is C17H17ClN2O2S2. The van der Waals surface area contributed by atoms with Crippen LogP contribution in [-0.4, -0.2) is 45.6 Å². The maximum Gasteiger partial charge on any atom is 0.266 e. The summed E-state index contributed by atoms with van der Waals surface area (Å²) in [5.41, 5.74) is 0.785. The van der Waals surface area contributed by atoms with Crippen molar-refractivity contribution in [1.82, 2.24) is 9.80 Å². The zero-order chi connectivity index (χ0) is 17.1. The third-order valence-corrected chi connectivity index (χ3v) is 5.80. The van der Waals surface area contributed by atoms with E-state index in [2.05, 4.69) is 0 Å². The number of hydrogen-bond donors (Lipinski definition) is 0. The third kappa shape index (κ3) is 3.82. The van der Waals surface area contributed by atoms with Crippen molar-refractivity contribution >= 4 is 57.8 Å². The molecule has 2 saturated heterocycles. The van der Waals surface area contributed by atoms with E-state index in [-0.39, 0.29) is 11.8 Å². The van der Waals surface area contributed by atoms with Gasteiger partial charge < -0.3 is 4.90 Å². The number of thiocarbonyl (C=S) groups is 1. The first-order valence-electron chi connectivity index (χ1n) is 7.84. The summed E-state index contributed by atoms with van der Waals surface area (Å²) in [5, 5.41) is 0.590. The van der Waals surface area contributed by atoms with Crippen molar-refractivity contribution in [1.29, 1.82) is 0 Å². The van der Waals surface area contributed by atoms with E-state index >= 15 is 0 Å². The van der Waals surface area contributed by atoms with Gasteiger partial charge in [-0.25, -0.2) is 0 Å². The second-order valence-corrected chi connectivity index (χ2v) is 7.78. The van der Waals surface area contributed by atoms with Gasteiger partial charge in [-0.1, -0.05) is 53.8 Å². The van der Waals surface area contributed by atoms with E-state index in [1.54, 1.807) is 12.1 Å². The predicted molar refractivity (Wildman–Crippen MR) is 102 cm³/mol. The molecule has 0 unspecified atom stereocenters. The number of hydrogen-bond acceptors (Lipinski definition) is 4. The molecule has 2 heterocycles. The lowest BCUT2D eigenvalue weighted by Crippen LogP contribution is -2.34. The van der Waals surface area contributed by atoms with Crippen LogP contribution < -0.4 is 0 Å². The summed E-state index contributed by atoms with van der Waals surface area (Å²) in [7, 11) is 0. The Balaban J connectivity index is 1.66. The number of thioether (sulfide) groups is 1. The minimum atomic E-state index is -0.154. The van der Waals surface area contributed by atoms with Crippen molar-refractivity contribution in [3.63, 3.8) is 0 Å². The number of carbonyl (C=O) groups excluding carboxylic acids is 2. The van der Waals surface area contributed by atoms with Gasteiger partial charge in [0.05, 0.1) is 4.91 Å². The first-order chi connectivity index (χ1) is 11.6. The van der Waals surface area contributed by atoms with Gasteiger partial charge in [-0.3, -0.25) is 14.5 Å². The molecule has 0 N–H and O–H groups in total. The van der Waals surface area contributed by atoms with Crippen LogP contribution in [0.15, 0.2) is 29.2 Å². The molecule has 2 aliphatic rings. The Morgan fingerprint density at radius 1 is 1.29 bits per heavy atom. The van der Waals surface area contributed by atoms with Crippen LogP contribution in [0, 0.1) is 0 Å². The van der Waals surface area contributed by atoms with Gasteiger partial charge in [0.1, 0.15) is 4.32 Å². The number of likely N-dealkylation sites (tertiary alicyclic amines) is 1. The van der Waals surface area contributed by atoms with Crippen molar-refractivity contribution in [3.8, 4) is 0 Å². The molecule has 3 rings (SSSR count). The van der Waals surface area contributed by atoms with Crippen LogP contribution in [0.3, 0.4) is 0 Å². The largest absolute Gasteiger partial charge is 0.343 e. The smallest absolute Gasteiger partial charge is 0.266 e. The van der Waals surface area contributed by atoms with E-state index in [0.717, 1.165) is 31.5 Å². The summed E-state index contributed by atoms with van der Waals surface area (Å²) in [5.74, 6) is -0.0595. The average Bonchev–Trinajstić information content (AvgIpc) is 3.18. The van der Waals surface area contributed by atoms with E-state index in [0.29, 0.717) is 27.2 Å². The van der Waals surface area contributed by atoms with E-state index in [1.807, 2.05) is 23.1 Å². The molecule has 24 heavy (non-hydrogen) atoms. The summed E-state index contributed by atoms with van der Waals surface area (Å²) in [6, 6.07) is 7.34. The lowest BCUT2D eigenvalue weighted by atomic mass is 10.2. The fourth-order valence-electron chi connectivity index (χ4n) is 2.76. The molecule has 0 radical (unpaired) electrons. The highest BCUT2D eigenvalue weighted by Gasteiger charge is 2.32. The second-order valence-electron chi connectivity index (χ2n) is 5.69. The highest BCUT2D eigenvalue weighted by Crippen LogP contribution is 2.33. The van der Waals surface area contributed by atoms with E-state index in [9.17, 15) is 9.59 Å². The molecule has 0 saturated carbocycles. The molecule has 0 atom stereocenters. The molecule has 4 nitrogen and oxygen atoms in total. The molecule has 7 heteroatoms. The molecule has 0 aliphatic carbocycles. The number of amides is 2. The first-order valence-corrected chi connectivity index (χ1v) is 9.44. The number of benzene rings is 1. The van der Waals surface area contributed by atoms with Gasteiger partial charge in [-0.15, -0.1) is 0 Å². The molecule has 2 fully saturated rings. The zero-order valence-electron chi connectivity index (χ0n) is 13.0. The van der Waals surface area contributed by atoms with Crippen molar-refractivity contribution in [3.05, 3.63) is 39.8 Å². The maximum absolute atomic E-state index is 12.5. The standard InChI is InChI=1S/C17H17ClN2O2S2/c18-13-6-2-1-5-12(13)11-14-16(22)20(17(23)24-14)10-7-15(21)19-8-3-4-9-19/h1-2,5-6,11H,3-4,7-10H2/b14-11-. The highest BCUT2D eigenvalue weighted by molar-refractivity contribution is 8.26. The fraction of sp³-hybridized carbons (Fsp3) is 0.353. The number of nitrogens with zero attached hydrogens (tertiary/aromatic N) is 2. The van der Waals surface area contributed by atoms with Crippen molar-refractivity contribution in [2.75, 3.05) is 19.6 Å². The molecule has 1 aromatic rings. The van der Waals surface area contributed by atoms with Gasteiger partial charge in [0, 0.05) is 31.1 Å². The lowest BCUT2D eigenvalue weighted by Gasteiger charge is -2.18. The molecule has 2 amide bonds. The molecule has 0 bridgehead atoms. The Hall–Kier alpha value is -1.37. The van der Waals surface area contributed by atoms with Crippen LogP contribution in [0.25, 0.3) is 6.08 Å². The molecule has 0 spiro atoms. The normalized spacial score (nSPS) is 19.6. The first kappa shape index (κ1) is 17.5. The molecule has 0 aromatic heterocycles. The van der Waals surface area contributed by atoms with Crippen LogP contribution in [0.2, 0.25) is 5.02 Å². The second kappa shape index (κ2) is 7.68. The quantitative estimate of drug-likeness (QED) is 0.591. The predicted octanol–water partition coefficient (Wildman–Crippen LogP) is 3.55. The topological polar surface area (TPSA) is 40.6 Å². The Morgan fingerprint density at radius 3 is 2.71 bits per heavy atom. The third-order valence-electron chi connectivity index (χ3n) is 4.07. The zero-order valence-corrected chi connectivity index (χ0v) is 15.4. The fourth-order valence-corrected chi connectivity index (χ4v) is 4.25. The Labute approximate surface area is 155 Å². The average molecular weight is 381 g/mol. The minimum Gasteiger partial charge on any atom is -0.343 e. The van der Waals surface area contributed by atoms with Crippen LogP contribution in [0.5, 0.6) is 0 Å². The SMILES string of the molecule is O=C(CCN1C(=O)/C(=C/c2ccccc2Cl)SC1=S)N1CCCC1. The minimum absolute atomic E-state index is 0.0941. The van der Waals surface area contributed by atoms with E-state index in [4.69, 9.17) is 23.8 Å². The number of rotatable bonds is 4. The van der Waals surface area contributed by atoms with E-state index in [1.165, 1.54) is 16.7 Å². The summed E-state index contributed by atoms with van der Waals surface area (Å²) in [4.78, 5) is 28.6. The van der Waals surface area contributed by atoms with Crippen LogP contribution in [0.1, 0.15) is 24.8 Å². The molecule has 126 valence electrons. The van der Waals surface area contributed by atoms with Gasteiger partial charge in [-0.05, 0) is 30.5 Å². The van der Waals surface area contributed by atoms with Gasteiger partial charge in [0.2, 0.25) is 5.91 Å². The van der Waals surface area contributed by atoms with Crippen molar-refractivity contribution < 1.29 is 9.59 Å². The van der Waals surface area contributed by atoms with Gasteiger partial charge in [0.25, 0.3) is 5.91 Å². The van der Waals surface area contributed by atoms with Gasteiger partial charge in [0.15, 0.2) is 0 Å². The Morgan fingerprint density at radius 2 is 2.00 bits per heavy atom. The lowest BCUT2D eigenvalue weighted by molar-refractivity contribution is -0.130. The number of carbonyl (C=O) groups is 2. The van der Waals surface area contributed by atoms with Crippen molar-refractivity contribution in [2.45, 2.75) is 19.3 Å². The van der Waals surface area contributed by atoms with Gasteiger partial charge >= 0.3 is 0 Å². The Bertz CT molecular complexity index is 714. The molecular weight excluding hydrogens is 364 g/mol. The van der Waals surface area contributed by atoms with Crippen LogP contribution >= 0.6 is 35.6 Å². The molecule has 1 aromatic carbocycles. The number of halogens is 1. The Kier molecular flexibility index (Phi) is 5.58. The van der Waals surface area contributed by atoms with Crippen LogP contribution in [-0.2, 0) is 9.59 Å². The molecule has 2 aliphatic heterocycles. The van der Waals surface area contributed by atoms with Crippen LogP contribution in [0.4, 0.5) is 0 Å². The van der Waals surface area contributed by atoms with Gasteiger partial charge in [-0.2, -0.15) is 0 Å². The summed E-state index contributed by atoms with van der Waals surface area (Å²) < 4.78 is 0.493. The summed E-state index contributed by atoms with van der Waals surface area (Å²) in [6.45, 7) is 1.98.